The molecule has 0 aliphatic carbocycles. The SMILES string of the molecule is COc1cc2c(cc1Nc1ncc(Cl)c(Nc3ccccc3S(=O)(=O)C(C)C)n1)CCN1CCNCC21. The maximum Gasteiger partial charge on any atom is 0.229 e. The van der Waals surface area contributed by atoms with Crippen LogP contribution in [0.25, 0.3) is 0 Å². The summed E-state index contributed by atoms with van der Waals surface area (Å²) in [5.74, 6) is 1.31. The predicted octanol–water partition coefficient (Wildman–Crippen LogP) is 4.31. The molecule has 2 aromatic carbocycles. The molecule has 3 N–H and O–H groups in total. The van der Waals surface area contributed by atoms with Gasteiger partial charge in [0.1, 0.15) is 10.8 Å². The van der Waals surface area contributed by atoms with Crippen LogP contribution < -0.4 is 20.7 Å². The minimum atomic E-state index is -3.51. The lowest BCUT2D eigenvalue weighted by Crippen LogP contribution is -2.48. The van der Waals surface area contributed by atoms with Gasteiger partial charge in [-0.2, -0.15) is 4.98 Å². The third-order valence-corrected chi connectivity index (χ3v) is 9.39. The first-order valence-corrected chi connectivity index (χ1v) is 14.3. The lowest BCUT2D eigenvalue weighted by Gasteiger charge is -2.41. The summed E-state index contributed by atoms with van der Waals surface area (Å²) in [5.41, 5.74) is 3.71. The molecule has 0 spiro atoms. The first kappa shape index (κ1) is 25.7. The Balaban J connectivity index is 1.44. The number of piperazine rings is 1. The zero-order valence-electron chi connectivity index (χ0n) is 21.1. The molecule has 37 heavy (non-hydrogen) atoms. The van der Waals surface area contributed by atoms with Crippen LogP contribution in [0.15, 0.2) is 47.5 Å². The number of sulfone groups is 1. The summed E-state index contributed by atoms with van der Waals surface area (Å²) < 4.78 is 31.5. The van der Waals surface area contributed by atoms with Gasteiger partial charge < -0.3 is 20.7 Å². The fraction of sp³-hybridized carbons (Fsp3) is 0.385. The summed E-state index contributed by atoms with van der Waals surface area (Å²) in [6.45, 7) is 7.31. The van der Waals surface area contributed by atoms with Crippen molar-refractivity contribution < 1.29 is 13.2 Å². The van der Waals surface area contributed by atoms with Crippen LogP contribution >= 0.6 is 11.6 Å². The average Bonchev–Trinajstić information content (AvgIpc) is 2.90. The number of methoxy groups -OCH3 is 1. The van der Waals surface area contributed by atoms with Gasteiger partial charge in [0, 0.05) is 32.2 Å². The van der Waals surface area contributed by atoms with Crippen LogP contribution in [-0.2, 0) is 16.3 Å². The van der Waals surface area contributed by atoms with Crippen LogP contribution in [0.1, 0.15) is 31.0 Å². The molecule has 0 amide bonds. The molecule has 9 nitrogen and oxygen atoms in total. The molecule has 0 radical (unpaired) electrons. The van der Waals surface area contributed by atoms with Gasteiger partial charge in [0.25, 0.3) is 0 Å². The molecule has 3 heterocycles. The molecule has 0 saturated carbocycles. The van der Waals surface area contributed by atoms with Crippen molar-refractivity contribution in [3.63, 3.8) is 0 Å². The Hall–Kier alpha value is -2.92. The van der Waals surface area contributed by atoms with Crippen LogP contribution in [0.4, 0.5) is 23.1 Å². The summed E-state index contributed by atoms with van der Waals surface area (Å²) in [4.78, 5) is 11.6. The Labute approximate surface area is 222 Å². The second-order valence-electron chi connectivity index (χ2n) is 9.49. The third kappa shape index (κ3) is 5.11. The Morgan fingerprint density at radius 3 is 2.76 bits per heavy atom. The van der Waals surface area contributed by atoms with Crippen molar-refractivity contribution in [1.29, 1.82) is 0 Å². The quantitative estimate of drug-likeness (QED) is 0.402. The standard InChI is InChI=1S/C26H31ClN6O3S/c1-16(2)37(34,35)24-7-5-4-6-20(24)30-25-19(27)14-29-26(32-25)31-21-12-17-8-10-33-11-9-28-15-22(33)18(17)13-23(21)36-3/h4-7,12-14,16,22,28H,8-11,15H2,1-3H3,(H2,29,30,31,32). The van der Waals surface area contributed by atoms with Crippen molar-refractivity contribution in [1.82, 2.24) is 20.2 Å². The first-order chi connectivity index (χ1) is 17.8. The van der Waals surface area contributed by atoms with E-state index in [9.17, 15) is 8.42 Å². The molecule has 2 aliphatic rings. The van der Waals surface area contributed by atoms with E-state index < -0.39 is 15.1 Å². The molecule has 1 aromatic heterocycles. The lowest BCUT2D eigenvalue weighted by molar-refractivity contribution is 0.151. The molecule has 2 aliphatic heterocycles. The number of nitrogens with zero attached hydrogens (tertiary/aromatic N) is 3. The van der Waals surface area contributed by atoms with E-state index in [0.29, 0.717) is 29.2 Å². The predicted molar refractivity (Wildman–Crippen MR) is 146 cm³/mol. The fourth-order valence-corrected chi connectivity index (χ4v) is 6.19. The highest BCUT2D eigenvalue weighted by Crippen LogP contribution is 2.38. The van der Waals surface area contributed by atoms with Crippen molar-refractivity contribution >= 4 is 44.6 Å². The molecular weight excluding hydrogens is 512 g/mol. The van der Waals surface area contributed by atoms with Crippen LogP contribution in [0.5, 0.6) is 5.75 Å². The van der Waals surface area contributed by atoms with Gasteiger partial charge in [0.05, 0.1) is 34.8 Å². The van der Waals surface area contributed by atoms with E-state index in [0.717, 1.165) is 38.3 Å². The monoisotopic (exact) mass is 542 g/mol. The molecule has 1 saturated heterocycles. The molecule has 196 valence electrons. The number of hydrogen-bond donors (Lipinski definition) is 3. The Morgan fingerprint density at radius 2 is 1.97 bits per heavy atom. The molecule has 1 unspecified atom stereocenters. The first-order valence-electron chi connectivity index (χ1n) is 12.3. The maximum absolute atomic E-state index is 12.9. The number of fused-ring (bicyclic) bond motifs is 3. The topological polar surface area (TPSA) is 108 Å². The van der Waals surface area contributed by atoms with Gasteiger partial charge in [-0.25, -0.2) is 13.4 Å². The van der Waals surface area contributed by atoms with Crippen molar-refractivity contribution in [3.8, 4) is 5.75 Å². The number of rotatable bonds is 7. The number of nitrogens with one attached hydrogen (secondary N) is 3. The lowest BCUT2D eigenvalue weighted by atomic mass is 9.90. The van der Waals surface area contributed by atoms with Gasteiger partial charge >= 0.3 is 0 Å². The minimum Gasteiger partial charge on any atom is -0.495 e. The smallest absolute Gasteiger partial charge is 0.229 e. The number of anilines is 4. The summed E-state index contributed by atoms with van der Waals surface area (Å²) in [6.07, 6.45) is 2.44. The second-order valence-corrected chi connectivity index (χ2v) is 12.4. The zero-order chi connectivity index (χ0) is 26.2. The van der Waals surface area contributed by atoms with Gasteiger partial charge in [-0.05, 0) is 55.7 Å². The molecule has 1 atom stereocenters. The van der Waals surface area contributed by atoms with Crippen LogP contribution in [0.3, 0.4) is 0 Å². The molecule has 0 bridgehead atoms. The van der Waals surface area contributed by atoms with Crippen LogP contribution in [-0.4, -0.2) is 61.8 Å². The number of ether oxygens (including phenoxy) is 1. The van der Waals surface area contributed by atoms with E-state index in [1.54, 1.807) is 45.2 Å². The molecule has 5 rings (SSSR count). The summed E-state index contributed by atoms with van der Waals surface area (Å²) in [5, 5.41) is 9.55. The van der Waals surface area contributed by atoms with E-state index >= 15 is 0 Å². The van der Waals surface area contributed by atoms with Gasteiger partial charge in [0.2, 0.25) is 5.95 Å². The van der Waals surface area contributed by atoms with E-state index in [1.165, 1.54) is 17.3 Å². The largest absolute Gasteiger partial charge is 0.495 e. The normalized spacial score (nSPS) is 17.7. The summed E-state index contributed by atoms with van der Waals surface area (Å²) in [6, 6.07) is 11.3. The highest BCUT2D eigenvalue weighted by atomic mass is 35.5. The van der Waals surface area contributed by atoms with Crippen molar-refractivity contribution in [2.45, 2.75) is 36.5 Å². The number of halogens is 1. The van der Waals surface area contributed by atoms with Crippen LogP contribution in [0, 0.1) is 0 Å². The highest BCUT2D eigenvalue weighted by molar-refractivity contribution is 7.92. The van der Waals surface area contributed by atoms with E-state index in [2.05, 4.69) is 43.0 Å². The number of hydrogen-bond acceptors (Lipinski definition) is 9. The Bertz CT molecular complexity index is 1420. The second kappa shape index (κ2) is 10.4. The Morgan fingerprint density at radius 1 is 1.16 bits per heavy atom. The fourth-order valence-electron chi connectivity index (χ4n) is 4.85. The minimum absolute atomic E-state index is 0.191. The number of para-hydroxylation sites is 1. The van der Waals surface area contributed by atoms with Crippen LogP contribution in [0.2, 0.25) is 5.02 Å². The number of benzene rings is 2. The molecule has 3 aromatic rings. The number of aromatic nitrogens is 2. The molecule has 11 heteroatoms. The maximum atomic E-state index is 12.9. The van der Waals surface area contributed by atoms with E-state index in [4.69, 9.17) is 16.3 Å². The summed E-state index contributed by atoms with van der Waals surface area (Å²) in [7, 11) is -1.87. The van der Waals surface area contributed by atoms with Crippen molar-refractivity contribution in [2.24, 2.45) is 0 Å². The van der Waals surface area contributed by atoms with Gasteiger partial charge in [-0.1, -0.05) is 23.7 Å². The van der Waals surface area contributed by atoms with Gasteiger partial charge in [0.15, 0.2) is 15.7 Å². The zero-order valence-corrected chi connectivity index (χ0v) is 22.7. The van der Waals surface area contributed by atoms with E-state index in [-0.39, 0.29) is 9.92 Å². The molecule has 1 fully saturated rings. The highest BCUT2D eigenvalue weighted by Gasteiger charge is 2.30. The molecular formula is C26H31ClN6O3S. The van der Waals surface area contributed by atoms with Gasteiger partial charge in [-0.3, -0.25) is 4.90 Å². The van der Waals surface area contributed by atoms with Crippen molar-refractivity contribution in [3.05, 3.63) is 58.7 Å². The average molecular weight is 543 g/mol. The van der Waals surface area contributed by atoms with Crippen molar-refractivity contribution in [2.75, 3.05) is 43.9 Å². The van der Waals surface area contributed by atoms with Gasteiger partial charge in [-0.15, -0.1) is 0 Å². The summed E-state index contributed by atoms with van der Waals surface area (Å²) >= 11 is 6.40. The Kier molecular flexibility index (Phi) is 7.26. The third-order valence-electron chi connectivity index (χ3n) is 6.90. The van der Waals surface area contributed by atoms with E-state index in [1.807, 2.05) is 0 Å².